The monoisotopic (exact) mass is 324 g/mol. The molecule has 1 N–H and O–H groups in total. The van der Waals surface area contributed by atoms with Crippen molar-refractivity contribution in [2.24, 2.45) is 0 Å². The van der Waals surface area contributed by atoms with Crippen LogP contribution >= 0.6 is 0 Å². The zero-order valence-corrected chi connectivity index (χ0v) is 14.3. The lowest BCUT2D eigenvalue weighted by Crippen LogP contribution is -2.39. The van der Waals surface area contributed by atoms with Crippen LogP contribution in [0.2, 0.25) is 0 Å². The van der Waals surface area contributed by atoms with Crippen LogP contribution in [0.4, 0.5) is 0 Å². The number of carbonyl (C=O) groups is 1. The van der Waals surface area contributed by atoms with E-state index in [0.29, 0.717) is 6.42 Å². The van der Waals surface area contributed by atoms with Gasteiger partial charge in [-0.1, -0.05) is 42.8 Å². The van der Waals surface area contributed by atoms with Crippen molar-refractivity contribution in [3.63, 3.8) is 0 Å². The lowest BCUT2D eigenvalue weighted by Gasteiger charge is -2.31. The van der Waals surface area contributed by atoms with E-state index in [2.05, 4.69) is 54.1 Å². The van der Waals surface area contributed by atoms with Gasteiger partial charge in [-0.05, 0) is 43.4 Å². The summed E-state index contributed by atoms with van der Waals surface area (Å²) in [5.74, 6) is -0.741. The summed E-state index contributed by atoms with van der Waals surface area (Å²) in [5, 5.41) is 9.59. The molecule has 0 amide bonds. The average Bonchev–Trinajstić information content (AvgIpc) is 3.07. The third-order valence-corrected chi connectivity index (χ3v) is 4.84. The first kappa shape index (κ1) is 16.7. The van der Waals surface area contributed by atoms with Crippen LogP contribution in [0, 0.1) is 6.92 Å². The second-order valence-electron chi connectivity index (χ2n) is 6.49. The Balaban J connectivity index is 2.02. The highest BCUT2D eigenvalue weighted by Crippen LogP contribution is 2.34. The normalized spacial score (nSPS) is 19.3. The molecule has 24 heavy (non-hydrogen) atoms. The third-order valence-electron chi connectivity index (χ3n) is 4.84. The minimum atomic E-state index is -0.741. The molecule has 126 valence electrons. The largest absolute Gasteiger partial charge is 0.480 e. The molecule has 2 aromatic rings. The Bertz CT molecular complexity index is 695. The van der Waals surface area contributed by atoms with E-state index in [4.69, 9.17) is 0 Å². The smallest absolute Gasteiger partial charge is 0.320 e. The van der Waals surface area contributed by atoms with Crippen molar-refractivity contribution in [1.82, 2.24) is 9.88 Å². The standard InChI is InChI=1S/C20H24N2O2/c1-3-15-8-11-17(21-13-15)19(16-9-6-14(2)7-10-16)22-12-4-5-18(22)20(23)24/h6-11,13,18-19H,3-5,12H2,1-2H3,(H,23,24). The fourth-order valence-electron chi connectivity index (χ4n) is 3.45. The maximum absolute atomic E-state index is 11.7. The van der Waals surface area contributed by atoms with Crippen LogP contribution in [-0.4, -0.2) is 33.5 Å². The molecular formula is C20H24N2O2. The molecule has 3 rings (SSSR count). The van der Waals surface area contributed by atoms with E-state index in [1.54, 1.807) is 0 Å². The molecule has 1 aromatic carbocycles. The van der Waals surface area contributed by atoms with E-state index in [9.17, 15) is 9.90 Å². The van der Waals surface area contributed by atoms with Crippen molar-refractivity contribution in [3.8, 4) is 0 Å². The predicted octanol–water partition coefficient (Wildman–Crippen LogP) is 3.59. The minimum Gasteiger partial charge on any atom is -0.480 e. The van der Waals surface area contributed by atoms with Crippen LogP contribution < -0.4 is 0 Å². The molecule has 1 aliphatic rings. The number of hydrogen-bond acceptors (Lipinski definition) is 3. The van der Waals surface area contributed by atoms with E-state index in [0.717, 1.165) is 30.6 Å². The number of aryl methyl sites for hydroxylation is 2. The highest BCUT2D eigenvalue weighted by molar-refractivity contribution is 5.74. The Kier molecular flexibility index (Phi) is 4.95. The number of likely N-dealkylation sites (tertiary alicyclic amines) is 1. The van der Waals surface area contributed by atoms with Gasteiger partial charge in [-0.2, -0.15) is 0 Å². The van der Waals surface area contributed by atoms with Gasteiger partial charge in [0.2, 0.25) is 0 Å². The van der Waals surface area contributed by atoms with Crippen LogP contribution in [0.1, 0.15) is 48.2 Å². The van der Waals surface area contributed by atoms with E-state index in [1.807, 2.05) is 12.3 Å². The van der Waals surface area contributed by atoms with Gasteiger partial charge in [-0.3, -0.25) is 14.7 Å². The second-order valence-corrected chi connectivity index (χ2v) is 6.49. The Morgan fingerprint density at radius 2 is 2.04 bits per heavy atom. The molecule has 2 atom stereocenters. The first-order valence-corrected chi connectivity index (χ1v) is 8.60. The molecular weight excluding hydrogens is 300 g/mol. The second kappa shape index (κ2) is 7.14. The molecule has 0 saturated carbocycles. The minimum absolute atomic E-state index is 0.111. The number of benzene rings is 1. The zero-order valence-electron chi connectivity index (χ0n) is 14.3. The van der Waals surface area contributed by atoms with Gasteiger partial charge in [-0.15, -0.1) is 0 Å². The number of carboxylic acid groups (broad SMARTS) is 1. The molecule has 0 aliphatic carbocycles. The van der Waals surface area contributed by atoms with Crippen LogP contribution in [0.3, 0.4) is 0 Å². The Morgan fingerprint density at radius 1 is 1.29 bits per heavy atom. The van der Waals surface area contributed by atoms with Crippen LogP contribution in [0.25, 0.3) is 0 Å². The van der Waals surface area contributed by atoms with Gasteiger partial charge in [0.1, 0.15) is 6.04 Å². The first-order chi connectivity index (χ1) is 11.6. The Labute approximate surface area is 143 Å². The Hall–Kier alpha value is -2.20. The molecule has 2 unspecified atom stereocenters. The molecule has 2 heterocycles. The summed E-state index contributed by atoms with van der Waals surface area (Å²) in [4.78, 5) is 18.4. The average molecular weight is 324 g/mol. The summed E-state index contributed by atoms with van der Waals surface area (Å²) < 4.78 is 0. The van der Waals surface area contributed by atoms with Crippen LogP contribution in [0.15, 0.2) is 42.6 Å². The van der Waals surface area contributed by atoms with Crippen molar-refractivity contribution < 1.29 is 9.90 Å². The van der Waals surface area contributed by atoms with E-state index >= 15 is 0 Å². The van der Waals surface area contributed by atoms with Crippen LogP contribution in [-0.2, 0) is 11.2 Å². The molecule has 1 fully saturated rings. The fraction of sp³-hybridized carbons (Fsp3) is 0.400. The maximum atomic E-state index is 11.7. The van der Waals surface area contributed by atoms with Gasteiger partial charge in [0.15, 0.2) is 0 Å². The zero-order chi connectivity index (χ0) is 17.1. The number of rotatable bonds is 5. The molecule has 1 saturated heterocycles. The number of aromatic nitrogens is 1. The van der Waals surface area contributed by atoms with Crippen molar-refractivity contribution in [2.45, 2.75) is 45.2 Å². The molecule has 0 radical (unpaired) electrons. The number of pyridine rings is 1. The first-order valence-electron chi connectivity index (χ1n) is 8.60. The van der Waals surface area contributed by atoms with E-state index in [1.165, 1.54) is 11.1 Å². The van der Waals surface area contributed by atoms with Gasteiger partial charge < -0.3 is 5.11 Å². The molecule has 1 aliphatic heterocycles. The number of carboxylic acids is 1. The van der Waals surface area contributed by atoms with Gasteiger partial charge >= 0.3 is 5.97 Å². The highest BCUT2D eigenvalue weighted by Gasteiger charge is 2.37. The van der Waals surface area contributed by atoms with Crippen LogP contribution in [0.5, 0.6) is 0 Å². The maximum Gasteiger partial charge on any atom is 0.320 e. The van der Waals surface area contributed by atoms with Gasteiger partial charge in [0, 0.05) is 12.7 Å². The number of nitrogens with zero attached hydrogens (tertiary/aromatic N) is 2. The van der Waals surface area contributed by atoms with Gasteiger partial charge in [0.25, 0.3) is 0 Å². The highest BCUT2D eigenvalue weighted by atomic mass is 16.4. The van der Waals surface area contributed by atoms with E-state index in [-0.39, 0.29) is 6.04 Å². The third kappa shape index (κ3) is 3.34. The Morgan fingerprint density at radius 3 is 2.62 bits per heavy atom. The molecule has 4 heteroatoms. The van der Waals surface area contributed by atoms with E-state index < -0.39 is 12.0 Å². The summed E-state index contributed by atoms with van der Waals surface area (Å²) >= 11 is 0. The lowest BCUT2D eigenvalue weighted by atomic mass is 9.98. The molecule has 4 nitrogen and oxygen atoms in total. The van der Waals surface area contributed by atoms with Crippen molar-refractivity contribution in [3.05, 3.63) is 65.0 Å². The molecule has 1 aromatic heterocycles. The van der Waals surface area contributed by atoms with Crippen molar-refractivity contribution in [1.29, 1.82) is 0 Å². The SMILES string of the molecule is CCc1ccc(C(c2ccc(C)cc2)N2CCCC2C(=O)O)nc1. The van der Waals surface area contributed by atoms with Crippen molar-refractivity contribution >= 4 is 5.97 Å². The number of aliphatic carboxylic acids is 1. The quantitative estimate of drug-likeness (QED) is 0.913. The van der Waals surface area contributed by atoms with Gasteiger partial charge in [0.05, 0.1) is 11.7 Å². The van der Waals surface area contributed by atoms with Crippen molar-refractivity contribution in [2.75, 3.05) is 6.54 Å². The predicted molar refractivity (Wildman–Crippen MR) is 94.0 cm³/mol. The lowest BCUT2D eigenvalue weighted by molar-refractivity contribution is -0.142. The number of hydrogen-bond donors (Lipinski definition) is 1. The topological polar surface area (TPSA) is 53.4 Å². The van der Waals surface area contributed by atoms with Gasteiger partial charge in [-0.25, -0.2) is 0 Å². The summed E-state index contributed by atoms with van der Waals surface area (Å²) in [7, 11) is 0. The molecule has 0 spiro atoms. The summed E-state index contributed by atoms with van der Waals surface area (Å²) in [6, 6.07) is 11.9. The molecule has 0 bridgehead atoms. The fourth-order valence-corrected chi connectivity index (χ4v) is 3.45. The summed E-state index contributed by atoms with van der Waals surface area (Å²) in [5.41, 5.74) is 4.41. The summed E-state index contributed by atoms with van der Waals surface area (Å²) in [6.07, 6.45) is 4.46. The summed E-state index contributed by atoms with van der Waals surface area (Å²) in [6.45, 7) is 4.95.